The van der Waals surface area contributed by atoms with Crippen molar-refractivity contribution in [1.82, 2.24) is 10.2 Å². The molecule has 2 atom stereocenters. The molecule has 1 saturated heterocycles. The highest BCUT2D eigenvalue weighted by molar-refractivity contribution is 7.15. The monoisotopic (exact) mass is 317 g/mol. The SMILES string of the molecule is CC[C@@H](c1ccccc1)c1nnc(NC(=O)[C@@H]2CCOC2)s1. The number of carbonyl (C=O) groups is 1. The number of carbonyl (C=O) groups excluding carboxylic acids is 1. The van der Waals surface area contributed by atoms with Gasteiger partial charge in [0, 0.05) is 12.5 Å². The molecule has 1 aliphatic heterocycles. The summed E-state index contributed by atoms with van der Waals surface area (Å²) in [5.41, 5.74) is 1.23. The largest absolute Gasteiger partial charge is 0.381 e. The van der Waals surface area contributed by atoms with Crippen molar-refractivity contribution in [2.45, 2.75) is 25.7 Å². The Hall–Kier alpha value is -1.79. The Morgan fingerprint density at radius 3 is 2.91 bits per heavy atom. The maximum Gasteiger partial charge on any atom is 0.231 e. The predicted octanol–water partition coefficient (Wildman–Crippen LogP) is 3.06. The molecule has 2 aromatic rings. The fraction of sp³-hybridized carbons (Fsp3) is 0.438. The molecule has 1 amide bonds. The molecule has 1 aromatic carbocycles. The zero-order valence-corrected chi connectivity index (χ0v) is 13.3. The molecule has 2 heterocycles. The lowest BCUT2D eigenvalue weighted by Crippen LogP contribution is -2.22. The molecule has 0 saturated carbocycles. The third-order valence-electron chi connectivity index (χ3n) is 3.88. The van der Waals surface area contributed by atoms with Gasteiger partial charge in [0.05, 0.1) is 12.5 Å². The summed E-state index contributed by atoms with van der Waals surface area (Å²) in [5, 5.41) is 12.8. The number of ether oxygens (including phenoxy) is 1. The van der Waals surface area contributed by atoms with E-state index in [2.05, 4.69) is 34.6 Å². The van der Waals surface area contributed by atoms with Crippen LogP contribution >= 0.6 is 11.3 Å². The van der Waals surface area contributed by atoms with Crippen LogP contribution in [0.15, 0.2) is 30.3 Å². The first-order chi connectivity index (χ1) is 10.8. The molecule has 1 aliphatic rings. The average Bonchev–Trinajstić information content (AvgIpc) is 3.21. The van der Waals surface area contributed by atoms with E-state index in [1.54, 1.807) is 0 Å². The highest BCUT2D eigenvalue weighted by atomic mass is 32.1. The van der Waals surface area contributed by atoms with E-state index in [-0.39, 0.29) is 17.7 Å². The average molecular weight is 317 g/mol. The number of rotatable bonds is 5. The van der Waals surface area contributed by atoms with Gasteiger partial charge in [-0.05, 0) is 18.4 Å². The molecule has 0 aliphatic carbocycles. The van der Waals surface area contributed by atoms with Gasteiger partial charge in [-0.2, -0.15) is 0 Å². The lowest BCUT2D eigenvalue weighted by Gasteiger charge is -2.11. The third-order valence-corrected chi connectivity index (χ3v) is 4.83. The Bertz CT molecular complexity index is 623. The van der Waals surface area contributed by atoms with Crippen molar-refractivity contribution in [3.05, 3.63) is 40.9 Å². The van der Waals surface area contributed by atoms with Gasteiger partial charge < -0.3 is 10.1 Å². The van der Waals surface area contributed by atoms with E-state index in [9.17, 15) is 4.79 Å². The van der Waals surface area contributed by atoms with Crippen molar-refractivity contribution in [2.75, 3.05) is 18.5 Å². The van der Waals surface area contributed by atoms with Crippen LogP contribution in [0.25, 0.3) is 0 Å². The van der Waals surface area contributed by atoms with Gasteiger partial charge in [0.15, 0.2) is 0 Å². The summed E-state index contributed by atoms with van der Waals surface area (Å²) in [5.74, 6) is 0.135. The summed E-state index contributed by atoms with van der Waals surface area (Å²) in [6.07, 6.45) is 1.72. The Balaban J connectivity index is 1.71. The van der Waals surface area contributed by atoms with E-state index in [1.165, 1.54) is 16.9 Å². The highest BCUT2D eigenvalue weighted by Crippen LogP contribution is 2.31. The molecule has 3 rings (SSSR count). The quantitative estimate of drug-likeness (QED) is 0.920. The van der Waals surface area contributed by atoms with Crippen molar-refractivity contribution < 1.29 is 9.53 Å². The van der Waals surface area contributed by atoms with E-state index in [0.717, 1.165) is 17.8 Å². The predicted molar refractivity (Wildman–Crippen MR) is 86.0 cm³/mol. The zero-order valence-electron chi connectivity index (χ0n) is 12.5. The molecule has 1 fully saturated rings. The number of aromatic nitrogens is 2. The van der Waals surface area contributed by atoms with Crippen LogP contribution in [-0.2, 0) is 9.53 Å². The topological polar surface area (TPSA) is 64.1 Å². The molecule has 116 valence electrons. The molecular weight excluding hydrogens is 298 g/mol. The lowest BCUT2D eigenvalue weighted by molar-refractivity contribution is -0.119. The van der Waals surface area contributed by atoms with Gasteiger partial charge in [0.25, 0.3) is 0 Å². The van der Waals surface area contributed by atoms with Crippen LogP contribution < -0.4 is 5.32 Å². The number of amides is 1. The minimum absolute atomic E-state index is 0.0204. The number of benzene rings is 1. The molecule has 1 aromatic heterocycles. The van der Waals surface area contributed by atoms with Crippen LogP contribution in [0.2, 0.25) is 0 Å². The third kappa shape index (κ3) is 3.34. The molecule has 0 unspecified atom stereocenters. The second-order valence-electron chi connectivity index (χ2n) is 5.37. The number of anilines is 1. The van der Waals surface area contributed by atoms with Crippen molar-refractivity contribution in [1.29, 1.82) is 0 Å². The Morgan fingerprint density at radius 1 is 1.41 bits per heavy atom. The van der Waals surface area contributed by atoms with Gasteiger partial charge in [-0.15, -0.1) is 10.2 Å². The standard InChI is InChI=1S/C16H19N3O2S/c1-2-13(11-6-4-3-5-7-11)15-18-19-16(22-15)17-14(20)12-8-9-21-10-12/h3-7,12-13H,2,8-10H2,1H3,(H,17,19,20)/t12-,13+/m1/s1. The fourth-order valence-corrected chi connectivity index (χ4v) is 3.57. The van der Waals surface area contributed by atoms with Crippen LogP contribution in [0.1, 0.15) is 36.3 Å². The Morgan fingerprint density at radius 2 is 2.23 bits per heavy atom. The van der Waals surface area contributed by atoms with Crippen LogP contribution in [0.4, 0.5) is 5.13 Å². The summed E-state index contributed by atoms with van der Waals surface area (Å²) < 4.78 is 5.24. The minimum Gasteiger partial charge on any atom is -0.381 e. The van der Waals surface area contributed by atoms with Crippen molar-refractivity contribution >= 4 is 22.4 Å². The molecule has 5 nitrogen and oxygen atoms in total. The van der Waals surface area contributed by atoms with E-state index in [1.807, 2.05) is 18.2 Å². The van der Waals surface area contributed by atoms with E-state index in [4.69, 9.17) is 4.74 Å². The second-order valence-corrected chi connectivity index (χ2v) is 6.38. The van der Waals surface area contributed by atoms with Gasteiger partial charge in [-0.1, -0.05) is 48.6 Å². The van der Waals surface area contributed by atoms with Gasteiger partial charge >= 0.3 is 0 Å². The molecule has 22 heavy (non-hydrogen) atoms. The van der Waals surface area contributed by atoms with Crippen molar-refractivity contribution in [2.24, 2.45) is 5.92 Å². The number of nitrogens with one attached hydrogen (secondary N) is 1. The first kappa shape index (κ1) is 15.1. The second kappa shape index (κ2) is 6.98. The maximum absolute atomic E-state index is 12.1. The fourth-order valence-electron chi connectivity index (χ4n) is 2.61. The summed E-state index contributed by atoms with van der Waals surface area (Å²) in [6, 6.07) is 10.3. The minimum atomic E-state index is -0.0663. The molecule has 1 N–H and O–H groups in total. The Labute approximate surface area is 133 Å². The van der Waals surface area contributed by atoms with Gasteiger partial charge in [0.1, 0.15) is 5.01 Å². The number of hydrogen-bond donors (Lipinski definition) is 1. The smallest absolute Gasteiger partial charge is 0.231 e. The summed E-state index contributed by atoms with van der Waals surface area (Å²) in [4.78, 5) is 12.1. The number of nitrogens with zero attached hydrogens (tertiary/aromatic N) is 2. The summed E-state index contributed by atoms with van der Waals surface area (Å²) >= 11 is 1.45. The van der Waals surface area contributed by atoms with Crippen LogP contribution in [0, 0.1) is 5.92 Å². The molecule has 0 spiro atoms. The molecule has 0 radical (unpaired) electrons. The van der Waals surface area contributed by atoms with Gasteiger partial charge in [-0.25, -0.2) is 0 Å². The van der Waals surface area contributed by atoms with Crippen LogP contribution in [0.5, 0.6) is 0 Å². The molecule has 0 bridgehead atoms. The van der Waals surface area contributed by atoms with Crippen molar-refractivity contribution in [3.8, 4) is 0 Å². The van der Waals surface area contributed by atoms with E-state index in [0.29, 0.717) is 18.3 Å². The lowest BCUT2D eigenvalue weighted by atomic mass is 9.97. The maximum atomic E-state index is 12.1. The van der Waals surface area contributed by atoms with Crippen molar-refractivity contribution in [3.63, 3.8) is 0 Å². The van der Waals surface area contributed by atoms with E-state index >= 15 is 0 Å². The normalized spacial score (nSPS) is 19.0. The summed E-state index contributed by atoms with van der Waals surface area (Å²) in [7, 11) is 0. The first-order valence-corrected chi connectivity index (χ1v) is 8.36. The van der Waals surface area contributed by atoms with Gasteiger partial charge in [0.2, 0.25) is 11.0 Å². The highest BCUT2D eigenvalue weighted by Gasteiger charge is 2.25. The zero-order chi connectivity index (χ0) is 15.4. The molecular formula is C16H19N3O2S. The Kier molecular flexibility index (Phi) is 4.80. The van der Waals surface area contributed by atoms with Gasteiger partial charge in [-0.3, -0.25) is 4.79 Å². The van der Waals surface area contributed by atoms with E-state index < -0.39 is 0 Å². The first-order valence-electron chi connectivity index (χ1n) is 7.55. The number of hydrogen-bond acceptors (Lipinski definition) is 5. The van der Waals surface area contributed by atoms with Crippen LogP contribution in [0.3, 0.4) is 0 Å². The molecule has 6 heteroatoms. The summed E-state index contributed by atoms with van der Waals surface area (Å²) in [6.45, 7) is 3.29. The van der Waals surface area contributed by atoms with Crippen LogP contribution in [-0.4, -0.2) is 29.3 Å².